The van der Waals surface area contributed by atoms with E-state index in [1.165, 1.54) is 6.92 Å². The van der Waals surface area contributed by atoms with Gasteiger partial charge in [0.2, 0.25) is 11.8 Å². The maximum absolute atomic E-state index is 11.8. The molecule has 0 radical (unpaired) electrons. The zero-order chi connectivity index (χ0) is 15.4. The number of carbonyl (C=O) groups excluding carboxylic acids is 2. The van der Waals surface area contributed by atoms with Crippen LogP contribution in [0.4, 0.5) is 0 Å². The van der Waals surface area contributed by atoms with Crippen molar-refractivity contribution in [2.45, 2.75) is 59.4 Å². The molecular formula is C15H31N3O2. The van der Waals surface area contributed by atoms with Crippen LogP contribution in [0.15, 0.2) is 0 Å². The fourth-order valence-corrected chi connectivity index (χ4v) is 2.18. The van der Waals surface area contributed by atoms with Crippen LogP contribution in [0.1, 0.15) is 53.4 Å². The standard InChI is InChI=1S/C15H31N3O2/c1-5-14(9-8-11-16-13(4)19)17-12-10-15(20)18(6-2)7-3/h14,17H,5-12H2,1-4H3,(H,16,19)/t14-/m0/s1. The molecule has 0 saturated carbocycles. The van der Waals surface area contributed by atoms with E-state index in [9.17, 15) is 9.59 Å². The summed E-state index contributed by atoms with van der Waals surface area (Å²) in [4.78, 5) is 24.5. The summed E-state index contributed by atoms with van der Waals surface area (Å²) in [6.45, 7) is 10.7. The quantitative estimate of drug-likeness (QED) is 0.566. The molecule has 118 valence electrons. The van der Waals surface area contributed by atoms with E-state index in [1.807, 2.05) is 18.7 Å². The maximum Gasteiger partial charge on any atom is 0.223 e. The molecule has 0 aromatic carbocycles. The fraction of sp³-hybridized carbons (Fsp3) is 0.867. The van der Waals surface area contributed by atoms with E-state index in [-0.39, 0.29) is 11.8 Å². The van der Waals surface area contributed by atoms with Crippen LogP contribution in [0.2, 0.25) is 0 Å². The summed E-state index contributed by atoms with van der Waals surface area (Å²) in [6.07, 6.45) is 3.59. The van der Waals surface area contributed by atoms with Crippen molar-refractivity contribution in [2.24, 2.45) is 0 Å². The molecule has 0 heterocycles. The van der Waals surface area contributed by atoms with Crippen molar-refractivity contribution in [1.29, 1.82) is 0 Å². The van der Waals surface area contributed by atoms with Crippen molar-refractivity contribution in [3.63, 3.8) is 0 Å². The van der Waals surface area contributed by atoms with Gasteiger partial charge in [0.1, 0.15) is 0 Å². The normalized spacial score (nSPS) is 12.0. The Hall–Kier alpha value is -1.10. The first kappa shape index (κ1) is 18.9. The third kappa shape index (κ3) is 8.91. The van der Waals surface area contributed by atoms with Crippen LogP contribution in [0, 0.1) is 0 Å². The lowest BCUT2D eigenvalue weighted by atomic mass is 10.1. The predicted octanol–water partition coefficient (Wildman–Crippen LogP) is 1.53. The van der Waals surface area contributed by atoms with Crippen LogP contribution >= 0.6 is 0 Å². The third-order valence-electron chi connectivity index (χ3n) is 3.48. The number of hydrogen-bond acceptors (Lipinski definition) is 3. The van der Waals surface area contributed by atoms with Gasteiger partial charge >= 0.3 is 0 Å². The molecule has 0 aliphatic heterocycles. The molecule has 0 aliphatic rings. The second-order valence-corrected chi connectivity index (χ2v) is 5.00. The van der Waals surface area contributed by atoms with Gasteiger partial charge in [-0.15, -0.1) is 0 Å². The number of hydrogen-bond donors (Lipinski definition) is 2. The van der Waals surface area contributed by atoms with Crippen LogP contribution in [-0.2, 0) is 9.59 Å². The van der Waals surface area contributed by atoms with Crippen molar-refractivity contribution in [3.05, 3.63) is 0 Å². The first-order chi connectivity index (χ1) is 9.54. The molecule has 2 N–H and O–H groups in total. The van der Waals surface area contributed by atoms with Gasteiger partial charge in [-0.3, -0.25) is 9.59 Å². The summed E-state index contributed by atoms with van der Waals surface area (Å²) in [6, 6.07) is 0.424. The monoisotopic (exact) mass is 285 g/mol. The Kier molecular flexibility index (Phi) is 11.1. The molecule has 0 aromatic heterocycles. The minimum atomic E-state index is 0.0239. The Morgan fingerprint density at radius 3 is 2.25 bits per heavy atom. The molecule has 0 aromatic rings. The summed E-state index contributed by atoms with van der Waals surface area (Å²) >= 11 is 0. The van der Waals surface area contributed by atoms with Crippen LogP contribution in [0.25, 0.3) is 0 Å². The molecule has 0 fully saturated rings. The van der Waals surface area contributed by atoms with E-state index < -0.39 is 0 Å². The van der Waals surface area contributed by atoms with E-state index >= 15 is 0 Å². The first-order valence-electron chi connectivity index (χ1n) is 7.80. The molecule has 5 nitrogen and oxygen atoms in total. The number of carbonyl (C=O) groups is 2. The minimum Gasteiger partial charge on any atom is -0.356 e. The van der Waals surface area contributed by atoms with Crippen molar-refractivity contribution in [3.8, 4) is 0 Å². The van der Waals surface area contributed by atoms with Gasteiger partial charge < -0.3 is 15.5 Å². The molecule has 0 rings (SSSR count). The topological polar surface area (TPSA) is 61.4 Å². The Balaban J connectivity index is 3.78. The fourth-order valence-electron chi connectivity index (χ4n) is 2.18. The molecule has 1 atom stereocenters. The number of nitrogens with zero attached hydrogens (tertiary/aromatic N) is 1. The number of amides is 2. The van der Waals surface area contributed by atoms with Gasteiger partial charge in [-0.05, 0) is 33.1 Å². The van der Waals surface area contributed by atoms with Gasteiger partial charge in [-0.25, -0.2) is 0 Å². The zero-order valence-corrected chi connectivity index (χ0v) is 13.5. The smallest absolute Gasteiger partial charge is 0.223 e. The summed E-state index contributed by atoms with van der Waals surface area (Å²) in [5.41, 5.74) is 0. The molecule has 0 aliphatic carbocycles. The molecule has 20 heavy (non-hydrogen) atoms. The van der Waals surface area contributed by atoms with Crippen LogP contribution in [0.5, 0.6) is 0 Å². The van der Waals surface area contributed by atoms with Gasteiger partial charge in [-0.2, -0.15) is 0 Å². The second-order valence-electron chi connectivity index (χ2n) is 5.00. The Bertz CT molecular complexity index is 278. The average molecular weight is 285 g/mol. The van der Waals surface area contributed by atoms with E-state index in [2.05, 4.69) is 17.6 Å². The summed E-state index contributed by atoms with van der Waals surface area (Å²) in [5, 5.41) is 6.23. The van der Waals surface area contributed by atoms with E-state index in [1.54, 1.807) is 0 Å². The van der Waals surface area contributed by atoms with Gasteiger partial charge in [-0.1, -0.05) is 6.92 Å². The highest BCUT2D eigenvalue weighted by Gasteiger charge is 2.10. The largest absolute Gasteiger partial charge is 0.356 e. The molecule has 5 heteroatoms. The highest BCUT2D eigenvalue weighted by atomic mass is 16.2. The molecule has 0 unspecified atom stereocenters. The first-order valence-corrected chi connectivity index (χ1v) is 7.80. The molecule has 0 spiro atoms. The summed E-state index contributed by atoms with van der Waals surface area (Å²) < 4.78 is 0. The van der Waals surface area contributed by atoms with Gasteiger partial charge in [0, 0.05) is 45.6 Å². The third-order valence-corrected chi connectivity index (χ3v) is 3.48. The van der Waals surface area contributed by atoms with Crippen molar-refractivity contribution < 1.29 is 9.59 Å². The predicted molar refractivity (Wildman–Crippen MR) is 82.5 cm³/mol. The van der Waals surface area contributed by atoms with Crippen molar-refractivity contribution in [2.75, 3.05) is 26.2 Å². The summed E-state index contributed by atoms with van der Waals surface area (Å²) in [5.74, 6) is 0.242. The van der Waals surface area contributed by atoms with Crippen molar-refractivity contribution >= 4 is 11.8 Å². The summed E-state index contributed by atoms with van der Waals surface area (Å²) in [7, 11) is 0. The molecular weight excluding hydrogens is 254 g/mol. The highest BCUT2D eigenvalue weighted by Crippen LogP contribution is 2.02. The molecule has 0 bridgehead atoms. The SMILES string of the molecule is CC[C@@H](CCCNC(C)=O)NCCC(=O)N(CC)CC. The lowest BCUT2D eigenvalue weighted by Gasteiger charge is -2.20. The van der Waals surface area contributed by atoms with E-state index in [4.69, 9.17) is 0 Å². The minimum absolute atomic E-state index is 0.0239. The van der Waals surface area contributed by atoms with E-state index in [0.29, 0.717) is 12.5 Å². The number of nitrogens with one attached hydrogen (secondary N) is 2. The lowest BCUT2D eigenvalue weighted by Crippen LogP contribution is -2.36. The second kappa shape index (κ2) is 11.7. The van der Waals surface area contributed by atoms with Gasteiger partial charge in [0.15, 0.2) is 0 Å². The zero-order valence-electron chi connectivity index (χ0n) is 13.5. The van der Waals surface area contributed by atoms with Crippen LogP contribution in [0.3, 0.4) is 0 Å². The van der Waals surface area contributed by atoms with Crippen LogP contribution in [-0.4, -0.2) is 48.9 Å². The Morgan fingerprint density at radius 2 is 1.75 bits per heavy atom. The maximum atomic E-state index is 11.8. The number of rotatable bonds is 11. The Morgan fingerprint density at radius 1 is 1.10 bits per heavy atom. The lowest BCUT2D eigenvalue weighted by molar-refractivity contribution is -0.130. The van der Waals surface area contributed by atoms with Gasteiger partial charge in [0.05, 0.1) is 0 Å². The Labute approximate surface area is 123 Å². The average Bonchev–Trinajstić information content (AvgIpc) is 2.42. The van der Waals surface area contributed by atoms with E-state index in [0.717, 1.165) is 45.4 Å². The van der Waals surface area contributed by atoms with Gasteiger partial charge in [0.25, 0.3) is 0 Å². The molecule has 0 saturated heterocycles. The highest BCUT2D eigenvalue weighted by molar-refractivity contribution is 5.76. The van der Waals surface area contributed by atoms with Crippen LogP contribution < -0.4 is 10.6 Å². The van der Waals surface area contributed by atoms with Crippen molar-refractivity contribution in [1.82, 2.24) is 15.5 Å². The molecule has 2 amide bonds.